The van der Waals surface area contributed by atoms with E-state index in [9.17, 15) is 14.0 Å². The SMILES string of the molecule is CCN(CCNC(=O)c1nnn2c1c(=O)[nH]c1cc(F)ccc12)c1cccc(C)c1. The van der Waals surface area contributed by atoms with Gasteiger partial charge in [0.2, 0.25) is 0 Å². The van der Waals surface area contributed by atoms with Crippen molar-refractivity contribution in [1.82, 2.24) is 25.1 Å². The van der Waals surface area contributed by atoms with Crippen LogP contribution in [0.25, 0.3) is 16.6 Å². The van der Waals surface area contributed by atoms with Crippen LogP contribution in [-0.4, -0.2) is 45.4 Å². The number of H-pyrrole nitrogens is 1. The highest BCUT2D eigenvalue weighted by Crippen LogP contribution is 2.16. The van der Waals surface area contributed by atoms with Crippen molar-refractivity contribution in [2.24, 2.45) is 0 Å². The summed E-state index contributed by atoms with van der Waals surface area (Å²) in [4.78, 5) is 29.9. The van der Waals surface area contributed by atoms with E-state index < -0.39 is 17.3 Å². The summed E-state index contributed by atoms with van der Waals surface area (Å²) < 4.78 is 14.7. The number of hydrogen-bond acceptors (Lipinski definition) is 5. The van der Waals surface area contributed by atoms with Gasteiger partial charge in [0.25, 0.3) is 11.5 Å². The van der Waals surface area contributed by atoms with E-state index in [-0.39, 0.29) is 16.7 Å². The summed E-state index contributed by atoms with van der Waals surface area (Å²) in [5.74, 6) is -0.970. The Morgan fingerprint density at radius 3 is 2.87 bits per heavy atom. The van der Waals surface area contributed by atoms with Crippen LogP contribution in [0.15, 0.2) is 47.3 Å². The van der Waals surface area contributed by atoms with Crippen molar-refractivity contribution in [3.05, 3.63) is 69.9 Å². The molecule has 0 saturated carbocycles. The molecule has 154 valence electrons. The fourth-order valence-electron chi connectivity index (χ4n) is 3.46. The summed E-state index contributed by atoms with van der Waals surface area (Å²) >= 11 is 0. The van der Waals surface area contributed by atoms with E-state index in [1.165, 1.54) is 22.7 Å². The second-order valence-corrected chi connectivity index (χ2v) is 6.99. The average molecular weight is 408 g/mol. The summed E-state index contributed by atoms with van der Waals surface area (Å²) in [6, 6.07) is 12.1. The number of likely N-dealkylation sites (N-methyl/N-ethyl adjacent to an activating group) is 1. The Bertz CT molecular complexity index is 1300. The van der Waals surface area contributed by atoms with Crippen LogP contribution in [0.2, 0.25) is 0 Å². The third-order valence-corrected chi connectivity index (χ3v) is 4.95. The van der Waals surface area contributed by atoms with Crippen LogP contribution in [0.1, 0.15) is 23.0 Å². The van der Waals surface area contributed by atoms with Crippen LogP contribution in [-0.2, 0) is 0 Å². The number of carbonyl (C=O) groups is 1. The molecule has 0 aliphatic heterocycles. The quantitative estimate of drug-likeness (QED) is 0.510. The Morgan fingerprint density at radius 1 is 1.27 bits per heavy atom. The van der Waals surface area contributed by atoms with Gasteiger partial charge in [-0.3, -0.25) is 9.59 Å². The van der Waals surface area contributed by atoms with Crippen LogP contribution in [0.4, 0.5) is 10.1 Å². The second-order valence-electron chi connectivity index (χ2n) is 6.99. The van der Waals surface area contributed by atoms with Gasteiger partial charge in [0.05, 0.1) is 11.0 Å². The first-order chi connectivity index (χ1) is 14.5. The normalized spacial score (nSPS) is 11.2. The van der Waals surface area contributed by atoms with Gasteiger partial charge in [-0.2, -0.15) is 0 Å². The van der Waals surface area contributed by atoms with Crippen LogP contribution >= 0.6 is 0 Å². The molecule has 0 aliphatic carbocycles. The summed E-state index contributed by atoms with van der Waals surface area (Å²) in [5, 5.41) is 10.6. The Hall–Kier alpha value is -3.75. The van der Waals surface area contributed by atoms with Gasteiger partial charge < -0.3 is 15.2 Å². The molecule has 9 heteroatoms. The number of rotatable bonds is 6. The zero-order valence-corrected chi connectivity index (χ0v) is 16.6. The predicted molar refractivity (Wildman–Crippen MR) is 112 cm³/mol. The van der Waals surface area contributed by atoms with E-state index >= 15 is 0 Å². The zero-order chi connectivity index (χ0) is 21.3. The molecule has 4 aromatic rings. The number of carbonyl (C=O) groups excluding carboxylic acids is 1. The molecule has 0 bridgehead atoms. The molecular formula is C21H21FN6O2. The molecule has 2 aromatic carbocycles. The lowest BCUT2D eigenvalue weighted by Crippen LogP contribution is -2.35. The molecule has 2 N–H and O–H groups in total. The highest BCUT2D eigenvalue weighted by Gasteiger charge is 2.19. The molecule has 30 heavy (non-hydrogen) atoms. The van der Waals surface area contributed by atoms with Gasteiger partial charge in [-0.25, -0.2) is 8.91 Å². The van der Waals surface area contributed by atoms with Gasteiger partial charge in [0.1, 0.15) is 5.82 Å². The van der Waals surface area contributed by atoms with Gasteiger partial charge in [0, 0.05) is 25.3 Å². The predicted octanol–water partition coefficient (Wildman–Crippen LogP) is 2.27. The summed E-state index contributed by atoms with van der Waals surface area (Å²) in [6.45, 7) is 5.84. The molecule has 0 saturated heterocycles. The van der Waals surface area contributed by atoms with E-state index in [0.717, 1.165) is 17.8 Å². The summed E-state index contributed by atoms with van der Waals surface area (Å²) in [5.41, 5.74) is 2.38. The monoisotopic (exact) mass is 408 g/mol. The fourth-order valence-corrected chi connectivity index (χ4v) is 3.46. The van der Waals surface area contributed by atoms with Gasteiger partial charge in [0.15, 0.2) is 11.2 Å². The molecular weight excluding hydrogens is 387 g/mol. The highest BCUT2D eigenvalue weighted by atomic mass is 19.1. The maximum Gasteiger partial charge on any atom is 0.277 e. The van der Waals surface area contributed by atoms with Gasteiger partial charge in [-0.1, -0.05) is 17.3 Å². The number of hydrogen-bond donors (Lipinski definition) is 2. The smallest absolute Gasteiger partial charge is 0.277 e. The first-order valence-corrected chi connectivity index (χ1v) is 9.64. The van der Waals surface area contributed by atoms with Crippen molar-refractivity contribution < 1.29 is 9.18 Å². The topological polar surface area (TPSA) is 95.4 Å². The molecule has 2 heterocycles. The van der Waals surface area contributed by atoms with Gasteiger partial charge >= 0.3 is 0 Å². The molecule has 0 unspecified atom stereocenters. The standard InChI is InChI=1S/C21H21FN6O2/c1-3-27(15-6-4-5-13(2)11-15)10-9-23-20(29)18-19-21(30)24-16-12-14(22)7-8-17(16)28(19)26-25-18/h4-8,11-12H,3,9-10H2,1-2H3,(H,23,29)(H,24,30). The molecule has 0 aliphatic rings. The lowest BCUT2D eigenvalue weighted by Gasteiger charge is -2.23. The maximum absolute atomic E-state index is 13.4. The minimum Gasteiger partial charge on any atom is -0.370 e. The molecule has 8 nitrogen and oxygen atoms in total. The number of anilines is 1. The van der Waals surface area contributed by atoms with Crippen molar-refractivity contribution in [3.63, 3.8) is 0 Å². The van der Waals surface area contributed by atoms with Crippen molar-refractivity contribution in [1.29, 1.82) is 0 Å². The Morgan fingerprint density at radius 2 is 2.10 bits per heavy atom. The zero-order valence-electron chi connectivity index (χ0n) is 16.6. The van der Waals surface area contributed by atoms with E-state index in [2.05, 4.69) is 31.6 Å². The Labute approximate surface area is 171 Å². The fraction of sp³-hybridized carbons (Fsp3) is 0.238. The van der Waals surface area contributed by atoms with Crippen molar-refractivity contribution in [3.8, 4) is 0 Å². The van der Waals surface area contributed by atoms with E-state index in [1.807, 2.05) is 32.0 Å². The molecule has 4 rings (SSSR count). The van der Waals surface area contributed by atoms with Crippen LogP contribution < -0.4 is 15.8 Å². The molecule has 0 fully saturated rings. The van der Waals surface area contributed by atoms with E-state index in [0.29, 0.717) is 18.6 Å². The number of fused-ring (bicyclic) bond motifs is 3. The first-order valence-electron chi connectivity index (χ1n) is 9.64. The van der Waals surface area contributed by atoms with Gasteiger partial charge in [-0.15, -0.1) is 5.10 Å². The summed E-state index contributed by atoms with van der Waals surface area (Å²) in [7, 11) is 0. The third kappa shape index (κ3) is 3.61. The third-order valence-electron chi connectivity index (χ3n) is 4.95. The molecule has 0 atom stereocenters. The largest absolute Gasteiger partial charge is 0.370 e. The lowest BCUT2D eigenvalue weighted by atomic mass is 10.2. The average Bonchev–Trinajstić information content (AvgIpc) is 3.17. The number of nitrogens with one attached hydrogen (secondary N) is 2. The Kier molecular flexibility index (Phi) is 5.18. The van der Waals surface area contributed by atoms with Crippen molar-refractivity contribution in [2.45, 2.75) is 13.8 Å². The maximum atomic E-state index is 13.4. The number of benzene rings is 2. The number of aryl methyl sites for hydroxylation is 1. The lowest BCUT2D eigenvalue weighted by molar-refractivity contribution is 0.0951. The second kappa shape index (κ2) is 7.94. The number of nitrogens with zero attached hydrogens (tertiary/aromatic N) is 4. The number of aromatic nitrogens is 4. The molecule has 2 aromatic heterocycles. The van der Waals surface area contributed by atoms with E-state index in [1.54, 1.807) is 0 Å². The minimum absolute atomic E-state index is 0.0256. The van der Waals surface area contributed by atoms with Crippen LogP contribution in [0.3, 0.4) is 0 Å². The van der Waals surface area contributed by atoms with Gasteiger partial charge in [-0.05, 0) is 49.7 Å². The van der Waals surface area contributed by atoms with Crippen molar-refractivity contribution >= 4 is 28.1 Å². The number of aromatic amines is 1. The van der Waals surface area contributed by atoms with Crippen LogP contribution in [0, 0.1) is 12.7 Å². The highest BCUT2D eigenvalue weighted by molar-refractivity contribution is 5.99. The minimum atomic E-state index is -0.557. The van der Waals surface area contributed by atoms with Crippen molar-refractivity contribution in [2.75, 3.05) is 24.5 Å². The summed E-state index contributed by atoms with van der Waals surface area (Å²) in [6.07, 6.45) is 0. The number of halogens is 1. The van der Waals surface area contributed by atoms with Crippen LogP contribution in [0.5, 0.6) is 0 Å². The van der Waals surface area contributed by atoms with E-state index in [4.69, 9.17) is 0 Å². The molecule has 0 spiro atoms. The molecule has 0 radical (unpaired) electrons. The first kappa shape index (κ1) is 19.6. The molecule has 1 amide bonds. The number of amides is 1. The Balaban J connectivity index is 1.54.